The molecule has 0 radical (unpaired) electrons. The van der Waals surface area contributed by atoms with Crippen molar-refractivity contribution in [3.05, 3.63) is 41.0 Å². The van der Waals surface area contributed by atoms with Gasteiger partial charge in [-0.1, -0.05) is 13.0 Å². The molecule has 0 unspecified atom stereocenters. The third-order valence-electron chi connectivity index (χ3n) is 3.05. The van der Waals surface area contributed by atoms with Crippen molar-refractivity contribution >= 4 is 11.8 Å². The van der Waals surface area contributed by atoms with E-state index in [0.717, 1.165) is 16.5 Å². The molecule has 2 aromatic rings. The fourth-order valence-electron chi connectivity index (χ4n) is 1.93. The Balaban J connectivity index is 2.39. The molecular formula is C15H18N2S. The van der Waals surface area contributed by atoms with E-state index in [1.807, 2.05) is 6.07 Å². The number of rotatable bonds is 3. The summed E-state index contributed by atoms with van der Waals surface area (Å²) in [6, 6.07) is 8.51. The lowest BCUT2D eigenvalue weighted by Gasteiger charge is -2.09. The molecule has 18 heavy (non-hydrogen) atoms. The summed E-state index contributed by atoms with van der Waals surface area (Å²) in [5.74, 6) is 1.02. The maximum atomic E-state index is 4.33. The quantitative estimate of drug-likeness (QED) is 0.772. The first-order valence-electron chi connectivity index (χ1n) is 6.16. The first kappa shape index (κ1) is 13.1. The second kappa shape index (κ2) is 5.53. The SMILES string of the molecule is CCSc1ccc(-c2cc(C)c(C)cc2C)nn1. The van der Waals surface area contributed by atoms with Crippen molar-refractivity contribution in [3.63, 3.8) is 0 Å². The highest BCUT2D eigenvalue weighted by molar-refractivity contribution is 7.99. The zero-order chi connectivity index (χ0) is 13.1. The number of hydrogen-bond acceptors (Lipinski definition) is 3. The zero-order valence-corrected chi connectivity index (χ0v) is 12.1. The molecule has 94 valence electrons. The Morgan fingerprint density at radius 2 is 1.67 bits per heavy atom. The molecule has 3 heteroatoms. The standard InChI is InChI=1S/C15H18N2S/c1-5-18-15-7-6-14(16-17-15)13-9-11(3)10(2)8-12(13)4/h6-9H,5H2,1-4H3. The van der Waals surface area contributed by atoms with Crippen LogP contribution in [0.3, 0.4) is 0 Å². The lowest BCUT2D eigenvalue weighted by Crippen LogP contribution is -1.93. The lowest BCUT2D eigenvalue weighted by atomic mass is 9.99. The minimum Gasteiger partial charge on any atom is -0.149 e. The van der Waals surface area contributed by atoms with Gasteiger partial charge in [-0.3, -0.25) is 0 Å². The topological polar surface area (TPSA) is 25.8 Å². The number of hydrogen-bond donors (Lipinski definition) is 0. The predicted octanol–water partition coefficient (Wildman–Crippen LogP) is 4.18. The fourth-order valence-corrected chi connectivity index (χ4v) is 2.48. The second-order valence-electron chi connectivity index (χ2n) is 4.44. The third kappa shape index (κ3) is 2.72. The molecule has 0 aliphatic carbocycles. The van der Waals surface area contributed by atoms with Gasteiger partial charge in [-0.25, -0.2) is 0 Å². The van der Waals surface area contributed by atoms with Gasteiger partial charge >= 0.3 is 0 Å². The Bertz CT molecular complexity index is 547. The largest absolute Gasteiger partial charge is 0.149 e. The maximum absolute atomic E-state index is 4.33. The Kier molecular flexibility index (Phi) is 4.02. The minimum absolute atomic E-state index is 0.955. The molecule has 0 spiro atoms. The normalized spacial score (nSPS) is 10.7. The van der Waals surface area contributed by atoms with Gasteiger partial charge in [0.25, 0.3) is 0 Å². The monoisotopic (exact) mass is 258 g/mol. The van der Waals surface area contributed by atoms with Crippen LogP contribution in [-0.2, 0) is 0 Å². The van der Waals surface area contributed by atoms with Crippen LogP contribution < -0.4 is 0 Å². The van der Waals surface area contributed by atoms with Crippen molar-refractivity contribution in [1.29, 1.82) is 0 Å². The molecule has 1 aromatic carbocycles. The summed E-state index contributed by atoms with van der Waals surface area (Å²) in [6.45, 7) is 8.51. The van der Waals surface area contributed by atoms with Gasteiger partial charge in [0.05, 0.1) is 5.69 Å². The van der Waals surface area contributed by atoms with Crippen LogP contribution in [-0.4, -0.2) is 16.0 Å². The highest BCUT2D eigenvalue weighted by Gasteiger charge is 2.06. The molecular weight excluding hydrogens is 240 g/mol. The fraction of sp³-hybridized carbons (Fsp3) is 0.333. The van der Waals surface area contributed by atoms with Crippen molar-refractivity contribution in [1.82, 2.24) is 10.2 Å². The molecule has 1 heterocycles. The molecule has 0 N–H and O–H groups in total. The molecule has 0 fully saturated rings. The summed E-state index contributed by atoms with van der Waals surface area (Å²) in [6.07, 6.45) is 0. The molecule has 2 nitrogen and oxygen atoms in total. The highest BCUT2D eigenvalue weighted by atomic mass is 32.2. The predicted molar refractivity (Wildman–Crippen MR) is 78.1 cm³/mol. The Hall–Kier alpha value is -1.35. The van der Waals surface area contributed by atoms with Crippen LogP contribution in [0.1, 0.15) is 23.6 Å². The maximum Gasteiger partial charge on any atom is 0.119 e. The van der Waals surface area contributed by atoms with Gasteiger partial charge in [0.1, 0.15) is 5.03 Å². The van der Waals surface area contributed by atoms with Crippen molar-refractivity contribution < 1.29 is 0 Å². The summed E-state index contributed by atoms with van der Waals surface area (Å²) in [7, 11) is 0. The van der Waals surface area contributed by atoms with Crippen LogP contribution in [0.5, 0.6) is 0 Å². The molecule has 0 aliphatic heterocycles. The van der Waals surface area contributed by atoms with Gasteiger partial charge < -0.3 is 0 Å². The van der Waals surface area contributed by atoms with Crippen LogP contribution in [0, 0.1) is 20.8 Å². The smallest absolute Gasteiger partial charge is 0.119 e. The van der Waals surface area contributed by atoms with Crippen LogP contribution in [0.15, 0.2) is 29.3 Å². The molecule has 1 aromatic heterocycles. The first-order valence-corrected chi connectivity index (χ1v) is 7.15. The molecule has 0 atom stereocenters. The Morgan fingerprint density at radius 3 is 2.28 bits per heavy atom. The number of benzene rings is 1. The molecule has 0 saturated carbocycles. The van der Waals surface area contributed by atoms with Crippen molar-refractivity contribution in [2.45, 2.75) is 32.7 Å². The zero-order valence-electron chi connectivity index (χ0n) is 11.3. The van der Waals surface area contributed by atoms with Crippen LogP contribution in [0.4, 0.5) is 0 Å². The average Bonchev–Trinajstić information content (AvgIpc) is 2.35. The van der Waals surface area contributed by atoms with E-state index < -0.39 is 0 Å². The van der Waals surface area contributed by atoms with Crippen molar-refractivity contribution in [3.8, 4) is 11.3 Å². The van der Waals surface area contributed by atoms with Crippen LogP contribution in [0.25, 0.3) is 11.3 Å². The van der Waals surface area contributed by atoms with E-state index in [4.69, 9.17) is 0 Å². The van der Waals surface area contributed by atoms with Gasteiger partial charge in [0.15, 0.2) is 0 Å². The van der Waals surface area contributed by atoms with E-state index >= 15 is 0 Å². The van der Waals surface area contributed by atoms with Crippen LogP contribution >= 0.6 is 11.8 Å². The summed E-state index contributed by atoms with van der Waals surface area (Å²) >= 11 is 1.72. The number of aromatic nitrogens is 2. The van der Waals surface area contributed by atoms with E-state index in [9.17, 15) is 0 Å². The second-order valence-corrected chi connectivity index (χ2v) is 5.73. The Labute approximate surface area is 113 Å². The molecule has 0 amide bonds. The lowest BCUT2D eigenvalue weighted by molar-refractivity contribution is 0.935. The van der Waals surface area contributed by atoms with E-state index in [0.29, 0.717) is 0 Å². The van der Waals surface area contributed by atoms with Crippen molar-refractivity contribution in [2.24, 2.45) is 0 Å². The number of nitrogens with zero attached hydrogens (tertiary/aromatic N) is 2. The summed E-state index contributed by atoms with van der Waals surface area (Å²) in [5.41, 5.74) is 6.00. The van der Waals surface area contributed by atoms with Crippen molar-refractivity contribution in [2.75, 3.05) is 5.75 Å². The summed E-state index contributed by atoms with van der Waals surface area (Å²) < 4.78 is 0. The van der Waals surface area contributed by atoms with E-state index in [2.05, 4.69) is 56.1 Å². The van der Waals surface area contributed by atoms with Gasteiger partial charge in [-0.05, 0) is 61.4 Å². The molecule has 0 aliphatic rings. The number of thioether (sulfide) groups is 1. The average molecular weight is 258 g/mol. The molecule has 2 rings (SSSR count). The van der Waals surface area contributed by atoms with Gasteiger partial charge in [0, 0.05) is 5.56 Å². The first-order chi connectivity index (χ1) is 8.61. The van der Waals surface area contributed by atoms with E-state index in [1.54, 1.807) is 11.8 Å². The van der Waals surface area contributed by atoms with Crippen LogP contribution in [0.2, 0.25) is 0 Å². The van der Waals surface area contributed by atoms with Gasteiger partial charge in [-0.2, -0.15) is 0 Å². The van der Waals surface area contributed by atoms with Gasteiger partial charge in [0.2, 0.25) is 0 Å². The summed E-state index contributed by atoms with van der Waals surface area (Å²) in [4.78, 5) is 0. The van der Waals surface area contributed by atoms with E-state index in [-0.39, 0.29) is 0 Å². The third-order valence-corrected chi connectivity index (χ3v) is 3.85. The summed E-state index contributed by atoms with van der Waals surface area (Å²) in [5, 5.41) is 9.57. The Morgan fingerprint density at radius 1 is 0.944 bits per heavy atom. The highest BCUT2D eigenvalue weighted by Crippen LogP contribution is 2.25. The minimum atomic E-state index is 0.955. The van der Waals surface area contributed by atoms with Gasteiger partial charge in [-0.15, -0.1) is 22.0 Å². The molecule has 0 bridgehead atoms. The van der Waals surface area contributed by atoms with E-state index in [1.165, 1.54) is 22.3 Å². The molecule has 0 saturated heterocycles. The number of aryl methyl sites for hydroxylation is 3.